The number of sulfonamides is 2. The van der Waals surface area contributed by atoms with Crippen molar-refractivity contribution in [2.24, 2.45) is 0 Å². The monoisotopic (exact) mass is 508 g/mol. The molecule has 0 atom stereocenters. The van der Waals surface area contributed by atoms with Crippen molar-refractivity contribution in [2.75, 3.05) is 0 Å². The highest BCUT2D eigenvalue weighted by atomic mass is 32.2. The van der Waals surface area contributed by atoms with Gasteiger partial charge in [-0.1, -0.05) is 50.7 Å². The van der Waals surface area contributed by atoms with Crippen LogP contribution >= 0.6 is 11.8 Å². The van der Waals surface area contributed by atoms with Crippen molar-refractivity contribution in [1.82, 2.24) is 9.44 Å². The summed E-state index contributed by atoms with van der Waals surface area (Å²) in [6.45, 7) is 0. The van der Waals surface area contributed by atoms with Gasteiger partial charge in [-0.05, 0) is 49.6 Å². The molecule has 0 spiro atoms. The Morgan fingerprint density at radius 2 is 1.30 bits per heavy atom. The SMILES string of the molecule is O=C1Sc2c(S(=O)(=O)NC3CCCCC3)cc(S(=O)(=O)NC3CCCCC3)c3cccc1c23. The summed E-state index contributed by atoms with van der Waals surface area (Å²) in [5.74, 6) is 0. The largest absolute Gasteiger partial charge is 0.281 e. The maximum absolute atomic E-state index is 13.5. The number of carbonyl (C=O) groups is 1. The van der Waals surface area contributed by atoms with Gasteiger partial charge in [0.25, 0.3) is 0 Å². The number of thioether (sulfide) groups is 1. The molecule has 1 aliphatic heterocycles. The number of hydrogen-bond acceptors (Lipinski definition) is 6. The molecule has 2 aliphatic carbocycles. The standard InChI is InChI=1S/C23H28N2O5S3/c26-23-18-13-7-12-17-19(32(27,28)24-15-8-3-1-4-9-15)14-20(22(31-23)21(17)18)33(29,30)25-16-10-5-2-6-11-16/h7,12-16,24-25H,1-6,8-11H2. The van der Waals surface area contributed by atoms with E-state index in [4.69, 9.17) is 0 Å². The third kappa shape index (κ3) is 4.48. The Morgan fingerprint density at radius 1 is 0.758 bits per heavy atom. The van der Waals surface area contributed by atoms with Gasteiger partial charge in [0, 0.05) is 33.3 Å². The fourth-order valence-corrected chi connectivity index (χ4v) is 9.67. The van der Waals surface area contributed by atoms with Crippen LogP contribution in [0.5, 0.6) is 0 Å². The number of nitrogens with one attached hydrogen (secondary N) is 2. The Bertz CT molecular complexity index is 1310. The molecule has 0 saturated heterocycles. The molecule has 0 radical (unpaired) electrons. The normalized spacial score (nSPS) is 20.5. The lowest BCUT2D eigenvalue weighted by Gasteiger charge is -2.24. The van der Waals surface area contributed by atoms with E-state index in [0.717, 1.165) is 76.0 Å². The number of carbonyl (C=O) groups excluding carboxylic acids is 1. The van der Waals surface area contributed by atoms with Crippen LogP contribution in [0, 0.1) is 0 Å². The van der Waals surface area contributed by atoms with Crippen LogP contribution in [0.4, 0.5) is 0 Å². The first-order valence-electron chi connectivity index (χ1n) is 11.6. The smallest absolute Gasteiger partial charge is 0.242 e. The summed E-state index contributed by atoms with van der Waals surface area (Å²) in [6.07, 6.45) is 9.07. The first kappa shape index (κ1) is 23.3. The minimum Gasteiger partial charge on any atom is -0.281 e. The van der Waals surface area contributed by atoms with E-state index in [1.807, 2.05) is 0 Å². The summed E-state index contributed by atoms with van der Waals surface area (Å²) in [7, 11) is -8.00. The third-order valence-corrected chi connectivity index (χ3v) is 11.2. The molecule has 2 aromatic carbocycles. The average Bonchev–Trinajstić information content (AvgIpc) is 3.12. The minimum atomic E-state index is -4.02. The highest BCUT2D eigenvalue weighted by Crippen LogP contribution is 2.46. The quantitative estimate of drug-likeness (QED) is 0.602. The zero-order chi connectivity index (χ0) is 23.2. The fourth-order valence-electron chi connectivity index (χ4n) is 5.24. The molecule has 178 valence electrons. The Balaban J connectivity index is 1.64. The Hall–Kier alpha value is -1.46. The van der Waals surface area contributed by atoms with Crippen molar-refractivity contribution in [3.8, 4) is 0 Å². The topological polar surface area (TPSA) is 109 Å². The summed E-state index contributed by atoms with van der Waals surface area (Å²) < 4.78 is 59.5. The molecule has 33 heavy (non-hydrogen) atoms. The van der Waals surface area contributed by atoms with Crippen LogP contribution < -0.4 is 9.44 Å². The van der Waals surface area contributed by atoms with Gasteiger partial charge in [0.2, 0.25) is 25.2 Å². The van der Waals surface area contributed by atoms with Gasteiger partial charge >= 0.3 is 0 Å². The second-order valence-electron chi connectivity index (χ2n) is 9.23. The molecule has 0 aromatic heterocycles. The summed E-state index contributed by atoms with van der Waals surface area (Å²) in [5, 5.41) is 0.545. The highest BCUT2D eigenvalue weighted by Gasteiger charge is 2.35. The molecule has 0 amide bonds. The molecule has 0 unspecified atom stereocenters. The van der Waals surface area contributed by atoms with Crippen LogP contribution in [0.3, 0.4) is 0 Å². The molecule has 7 nitrogen and oxygen atoms in total. The van der Waals surface area contributed by atoms with E-state index in [1.54, 1.807) is 18.2 Å². The van der Waals surface area contributed by atoms with Gasteiger partial charge in [-0.25, -0.2) is 26.3 Å². The third-order valence-electron chi connectivity index (χ3n) is 6.89. The fraction of sp³-hybridized carbons (Fsp3) is 0.522. The molecular formula is C23H28N2O5S3. The average molecular weight is 509 g/mol. The lowest BCUT2D eigenvalue weighted by molar-refractivity contribution is 0.109. The molecule has 3 aliphatic rings. The van der Waals surface area contributed by atoms with E-state index in [0.29, 0.717) is 21.2 Å². The van der Waals surface area contributed by atoms with Crippen molar-refractivity contribution in [3.05, 3.63) is 29.8 Å². The highest BCUT2D eigenvalue weighted by molar-refractivity contribution is 8.15. The Morgan fingerprint density at radius 3 is 1.88 bits per heavy atom. The zero-order valence-electron chi connectivity index (χ0n) is 18.3. The number of rotatable bonds is 6. The van der Waals surface area contributed by atoms with Crippen LogP contribution in [0.25, 0.3) is 10.8 Å². The van der Waals surface area contributed by atoms with Gasteiger partial charge in [-0.3, -0.25) is 4.79 Å². The van der Waals surface area contributed by atoms with E-state index < -0.39 is 20.0 Å². The maximum Gasteiger partial charge on any atom is 0.242 e. The van der Waals surface area contributed by atoms with Crippen molar-refractivity contribution in [1.29, 1.82) is 0 Å². The zero-order valence-corrected chi connectivity index (χ0v) is 20.8. The summed E-state index contributed by atoms with van der Waals surface area (Å²) in [6, 6.07) is 5.85. The van der Waals surface area contributed by atoms with Gasteiger partial charge in [-0.2, -0.15) is 0 Å². The molecule has 2 fully saturated rings. The van der Waals surface area contributed by atoms with Crippen LogP contribution in [0.1, 0.15) is 74.6 Å². The van der Waals surface area contributed by atoms with E-state index >= 15 is 0 Å². The first-order valence-corrected chi connectivity index (χ1v) is 15.4. The van der Waals surface area contributed by atoms with Crippen molar-refractivity contribution >= 4 is 47.7 Å². The molecule has 2 N–H and O–H groups in total. The predicted octanol–water partition coefficient (Wildman–Crippen LogP) is 4.31. The van der Waals surface area contributed by atoms with Gasteiger partial charge in [0.1, 0.15) is 0 Å². The molecule has 2 aromatic rings. The number of hydrogen-bond donors (Lipinski definition) is 2. The maximum atomic E-state index is 13.5. The molecule has 0 bridgehead atoms. The lowest BCUT2D eigenvalue weighted by Crippen LogP contribution is -2.37. The Kier molecular flexibility index (Phi) is 6.32. The summed E-state index contributed by atoms with van der Waals surface area (Å²) >= 11 is 0.867. The minimum absolute atomic E-state index is 0.0759. The second kappa shape index (κ2) is 8.96. The molecule has 10 heteroatoms. The van der Waals surface area contributed by atoms with Crippen LogP contribution in [0.2, 0.25) is 0 Å². The van der Waals surface area contributed by atoms with E-state index in [-0.39, 0.29) is 27.0 Å². The Labute approximate surface area is 199 Å². The lowest BCUT2D eigenvalue weighted by atomic mass is 9.96. The van der Waals surface area contributed by atoms with E-state index in [1.165, 1.54) is 6.07 Å². The first-order chi connectivity index (χ1) is 15.8. The van der Waals surface area contributed by atoms with Gasteiger partial charge in [0.15, 0.2) is 0 Å². The van der Waals surface area contributed by atoms with Crippen molar-refractivity contribution in [2.45, 2.75) is 91.0 Å². The van der Waals surface area contributed by atoms with E-state index in [9.17, 15) is 21.6 Å². The van der Waals surface area contributed by atoms with Crippen LogP contribution in [0.15, 0.2) is 39.0 Å². The van der Waals surface area contributed by atoms with Gasteiger partial charge < -0.3 is 0 Å². The van der Waals surface area contributed by atoms with Gasteiger partial charge in [0.05, 0.1) is 9.79 Å². The van der Waals surface area contributed by atoms with Crippen molar-refractivity contribution < 1.29 is 21.6 Å². The predicted molar refractivity (Wildman–Crippen MR) is 129 cm³/mol. The van der Waals surface area contributed by atoms with E-state index in [2.05, 4.69) is 9.44 Å². The van der Waals surface area contributed by atoms with Crippen molar-refractivity contribution in [3.63, 3.8) is 0 Å². The molecule has 2 saturated carbocycles. The van der Waals surface area contributed by atoms with Gasteiger partial charge in [-0.15, -0.1) is 0 Å². The summed E-state index contributed by atoms with van der Waals surface area (Å²) in [5.41, 5.74) is 0.358. The summed E-state index contributed by atoms with van der Waals surface area (Å²) in [4.78, 5) is 12.8. The van der Waals surface area contributed by atoms with Crippen LogP contribution in [-0.4, -0.2) is 34.0 Å². The number of benzene rings is 2. The molecule has 1 heterocycles. The molecular weight excluding hydrogens is 480 g/mol. The second-order valence-corrected chi connectivity index (χ2v) is 13.6. The molecule has 5 rings (SSSR count). The van der Waals surface area contributed by atoms with Crippen LogP contribution in [-0.2, 0) is 20.0 Å².